The predicted octanol–water partition coefficient (Wildman–Crippen LogP) is 3.06. The van der Waals surface area contributed by atoms with Crippen LogP contribution in [0.15, 0.2) is 18.2 Å². The van der Waals surface area contributed by atoms with Crippen LogP contribution in [-0.2, 0) is 4.79 Å². The Kier molecular flexibility index (Phi) is 4.85. The minimum atomic E-state index is -0.653. The Labute approximate surface area is 126 Å². The first kappa shape index (κ1) is 15.4. The molecule has 0 saturated heterocycles. The smallest absolute Gasteiger partial charge is 0.240 e. The van der Waals surface area contributed by atoms with Gasteiger partial charge in [-0.2, -0.15) is 5.26 Å². The van der Waals surface area contributed by atoms with Crippen LogP contribution in [0.25, 0.3) is 0 Å². The Morgan fingerprint density at radius 2 is 2.00 bits per heavy atom. The molecule has 1 saturated carbocycles. The van der Waals surface area contributed by atoms with E-state index in [4.69, 9.17) is 0 Å². The van der Waals surface area contributed by atoms with Crippen molar-refractivity contribution >= 4 is 11.6 Å². The molecule has 1 aliphatic carbocycles. The number of nitrogens with one attached hydrogen (secondary N) is 2. The second kappa shape index (κ2) is 6.62. The number of carbonyl (C=O) groups is 1. The van der Waals surface area contributed by atoms with E-state index in [0.717, 1.165) is 43.4 Å². The molecule has 0 radical (unpaired) electrons. The van der Waals surface area contributed by atoms with Crippen molar-refractivity contribution in [2.24, 2.45) is 0 Å². The average Bonchev–Trinajstić information content (AvgIpc) is 2.47. The molecule has 112 valence electrons. The number of amides is 1. The first-order valence-electron chi connectivity index (χ1n) is 7.58. The van der Waals surface area contributed by atoms with Crippen LogP contribution in [0.3, 0.4) is 0 Å². The van der Waals surface area contributed by atoms with Crippen molar-refractivity contribution in [3.8, 4) is 6.07 Å². The Bertz CT molecular complexity index is 554. The highest BCUT2D eigenvalue weighted by atomic mass is 16.2. The van der Waals surface area contributed by atoms with E-state index in [-0.39, 0.29) is 12.5 Å². The normalized spacial score (nSPS) is 16.8. The van der Waals surface area contributed by atoms with E-state index in [9.17, 15) is 10.1 Å². The summed E-state index contributed by atoms with van der Waals surface area (Å²) in [4.78, 5) is 12.1. The van der Waals surface area contributed by atoms with Crippen molar-refractivity contribution in [2.45, 2.75) is 51.5 Å². The van der Waals surface area contributed by atoms with E-state index < -0.39 is 5.54 Å². The third kappa shape index (κ3) is 3.98. The Balaban J connectivity index is 1.91. The molecule has 0 bridgehead atoms. The number of rotatable bonds is 4. The molecule has 1 aliphatic rings. The Hall–Kier alpha value is -2.02. The van der Waals surface area contributed by atoms with Gasteiger partial charge >= 0.3 is 0 Å². The van der Waals surface area contributed by atoms with E-state index in [1.165, 1.54) is 5.56 Å². The van der Waals surface area contributed by atoms with Crippen molar-refractivity contribution in [3.05, 3.63) is 29.3 Å². The molecule has 4 heteroatoms. The Morgan fingerprint density at radius 3 is 2.62 bits per heavy atom. The van der Waals surface area contributed by atoms with Crippen LogP contribution < -0.4 is 10.6 Å². The van der Waals surface area contributed by atoms with Crippen LogP contribution in [0, 0.1) is 25.2 Å². The average molecular weight is 285 g/mol. The number of benzene rings is 1. The van der Waals surface area contributed by atoms with E-state index >= 15 is 0 Å². The lowest BCUT2D eigenvalue weighted by Gasteiger charge is -2.31. The molecule has 0 spiro atoms. The second-order valence-corrected chi connectivity index (χ2v) is 5.97. The molecule has 0 unspecified atom stereocenters. The van der Waals surface area contributed by atoms with Crippen LogP contribution in [0.2, 0.25) is 0 Å². The van der Waals surface area contributed by atoms with Gasteiger partial charge in [-0.3, -0.25) is 4.79 Å². The number of anilines is 1. The van der Waals surface area contributed by atoms with Crippen molar-refractivity contribution in [1.29, 1.82) is 5.26 Å². The zero-order chi connectivity index (χ0) is 15.3. The molecule has 0 atom stereocenters. The van der Waals surface area contributed by atoms with Gasteiger partial charge in [-0.25, -0.2) is 0 Å². The van der Waals surface area contributed by atoms with Gasteiger partial charge in [-0.05, 0) is 38.3 Å². The van der Waals surface area contributed by atoms with Crippen molar-refractivity contribution in [1.82, 2.24) is 5.32 Å². The highest BCUT2D eigenvalue weighted by Gasteiger charge is 2.33. The summed E-state index contributed by atoms with van der Waals surface area (Å²) in [5.41, 5.74) is 2.63. The summed E-state index contributed by atoms with van der Waals surface area (Å²) < 4.78 is 0. The fourth-order valence-corrected chi connectivity index (χ4v) is 2.92. The highest BCUT2D eigenvalue weighted by Crippen LogP contribution is 2.27. The SMILES string of the molecule is Cc1ccc(NCC(=O)NC2(C#N)CCCCC2)c(C)c1. The summed E-state index contributed by atoms with van der Waals surface area (Å²) in [5.74, 6) is -0.113. The fraction of sp³-hybridized carbons (Fsp3) is 0.529. The van der Waals surface area contributed by atoms with Gasteiger partial charge in [0.25, 0.3) is 0 Å². The minimum Gasteiger partial charge on any atom is -0.376 e. The molecule has 1 aromatic rings. The number of hydrogen-bond donors (Lipinski definition) is 2. The third-order valence-electron chi connectivity index (χ3n) is 4.12. The number of carbonyl (C=O) groups excluding carboxylic acids is 1. The molecule has 0 aromatic heterocycles. The first-order valence-corrected chi connectivity index (χ1v) is 7.58. The van der Waals surface area contributed by atoms with E-state index in [1.54, 1.807) is 0 Å². The van der Waals surface area contributed by atoms with Gasteiger partial charge in [0, 0.05) is 5.69 Å². The molecular formula is C17H23N3O. The van der Waals surface area contributed by atoms with E-state index in [0.29, 0.717) is 0 Å². The van der Waals surface area contributed by atoms with Crippen LogP contribution in [0.5, 0.6) is 0 Å². The predicted molar refractivity (Wildman–Crippen MR) is 84.0 cm³/mol. The van der Waals surface area contributed by atoms with Crippen LogP contribution in [0.4, 0.5) is 5.69 Å². The van der Waals surface area contributed by atoms with Crippen molar-refractivity contribution in [3.63, 3.8) is 0 Å². The summed E-state index contributed by atoms with van der Waals surface area (Å²) in [6, 6.07) is 8.39. The van der Waals surface area contributed by atoms with Gasteiger partial charge in [0.05, 0.1) is 12.6 Å². The molecule has 1 amide bonds. The van der Waals surface area contributed by atoms with Crippen molar-refractivity contribution < 1.29 is 4.79 Å². The van der Waals surface area contributed by atoms with Gasteiger partial charge in [-0.15, -0.1) is 0 Å². The molecule has 1 fully saturated rings. The van der Waals surface area contributed by atoms with Crippen LogP contribution in [0.1, 0.15) is 43.2 Å². The molecule has 2 N–H and O–H groups in total. The summed E-state index contributed by atoms with van der Waals surface area (Å²) in [6.07, 6.45) is 4.70. The molecule has 0 aliphatic heterocycles. The highest BCUT2D eigenvalue weighted by molar-refractivity contribution is 5.82. The third-order valence-corrected chi connectivity index (χ3v) is 4.12. The van der Waals surface area contributed by atoms with E-state index in [1.807, 2.05) is 26.0 Å². The van der Waals surface area contributed by atoms with Gasteiger partial charge in [0.15, 0.2) is 0 Å². The first-order chi connectivity index (χ1) is 10.0. The molecule has 1 aromatic carbocycles. The van der Waals surface area contributed by atoms with Gasteiger partial charge in [-0.1, -0.05) is 37.0 Å². The maximum Gasteiger partial charge on any atom is 0.240 e. The molecule has 0 heterocycles. The summed E-state index contributed by atoms with van der Waals surface area (Å²) in [7, 11) is 0. The lowest BCUT2D eigenvalue weighted by atomic mass is 9.83. The second-order valence-electron chi connectivity index (χ2n) is 5.97. The maximum atomic E-state index is 12.1. The van der Waals surface area contributed by atoms with Gasteiger partial charge in [0.2, 0.25) is 5.91 Å². The summed E-state index contributed by atoms with van der Waals surface area (Å²) >= 11 is 0. The largest absolute Gasteiger partial charge is 0.376 e. The minimum absolute atomic E-state index is 0.113. The molecule has 2 rings (SSSR count). The standard InChI is InChI=1S/C17H23N3O/c1-13-6-7-15(14(2)10-13)19-11-16(21)20-17(12-18)8-4-3-5-9-17/h6-7,10,19H,3-5,8-9,11H2,1-2H3,(H,20,21). The fourth-order valence-electron chi connectivity index (χ4n) is 2.92. The number of nitriles is 1. The van der Waals surface area contributed by atoms with Crippen LogP contribution >= 0.6 is 0 Å². The number of aryl methyl sites for hydroxylation is 2. The van der Waals surface area contributed by atoms with Crippen LogP contribution in [-0.4, -0.2) is 18.0 Å². The zero-order valence-electron chi connectivity index (χ0n) is 12.8. The molecule has 21 heavy (non-hydrogen) atoms. The van der Waals surface area contributed by atoms with Crippen molar-refractivity contribution in [2.75, 3.05) is 11.9 Å². The Morgan fingerprint density at radius 1 is 1.29 bits per heavy atom. The summed E-state index contributed by atoms with van der Waals surface area (Å²) in [5, 5.41) is 15.4. The van der Waals surface area contributed by atoms with E-state index in [2.05, 4.69) is 22.8 Å². The molecular weight excluding hydrogens is 262 g/mol. The lowest BCUT2D eigenvalue weighted by Crippen LogP contribution is -2.50. The molecule has 4 nitrogen and oxygen atoms in total. The lowest BCUT2D eigenvalue weighted by molar-refractivity contribution is -0.121. The monoisotopic (exact) mass is 285 g/mol. The zero-order valence-corrected chi connectivity index (χ0v) is 12.8. The van der Waals surface area contributed by atoms with Gasteiger partial charge in [0.1, 0.15) is 5.54 Å². The quantitative estimate of drug-likeness (QED) is 0.893. The maximum absolute atomic E-state index is 12.1. The number of nitrogens with zero attached hydrogens (tertiary/aromatic N) is 1. The summed E-state index contributed by atoms with van der Waals surface area (Å²) in [6.45, 7) is 4.27. The van der Waals surface area contributed by atoms with Gasteiger partial charge < -0.3 is 10.6 Å². The topological polar surface area (TPSA) is 64.9 Å². The number of hydrogen-bond acceptors (Lipinski definition) is 3.